The van der Waals surface area contributed by atoms with Gasteiger partial charge < -0.3 is 30.0 Å². The Labute approximate surface area is 337 Å². The number of anilines is 1. The van der Waals surface area contributed by atoms with E-state index in [4.69, 9.17) is 19.0 Å². The highest BCUT2D eigenvalue weighted by molar-refractivity contribution is 6.08. The lowest BCUT2D eigenvalue weighted by Gasteiger charge is -2.34. The Morgan fingerprint density at radius 2 is 1.26 bits per heavy atom. The number of likely N-dealkylation sites (tertiary alicyclic amines) is 1. The molecule has 0 bridgehead atoms. The van der Waals surface area contributed by atoms with E-state index in [1.807, 2.05) is 60.7 Å². The van der Waals surface area contributed by atoms with Gasteiger partial charge in [0.15, 0.2) is 6.54 Å². The van der Waals surface area contributed by atoms with Gasteiger partial charge in [0.05, 0.1) is 11.6 Å². The summed E-state index contributed by atoms with van der Waals surface area (Å²) in [6, 6.07) is 35.8. The zero-order chi connectivity index (χ0) is 41.1. The Hall–Kier alpha value is -6.66. The van der Waals surface area contributed by atoms with Crippen molar-refractivity contribution in [1.29, 1.82) is 0 Å². The summed E-state index contributed by atoms with van der Waals surface area (Å²) >= 11 is 0. The Kier molecular flexibility index (Phi) is 13.1. The largest absolute Gasteiger partial charge is 0.559 e. The zero-order valence-electron chi connectivity index (χ0n) is 32.8. The highest BCUT2D eigenvalue weighted by atomic mass is 16.8. The number of phenolic OH excluding ortho intramolecular Hbond substituents is 1. The molecule has 6 rings (SSSR count). The minimum Gasteiger partial charge on any atom is -0.508 e. The van der Waals surface area contributed by atoms with Gasteiger partial charge in [-0.2, -0.15) is 4.79 Å². The molecule has 2 atom stereocenters. The second-order valence-electron chi connectivity index (χ2n) is 15.1. The fourth-order valence-electron chi connectivity index (χ4n) is 6.47. The van der Waals surface area contributed by atoms with Gasteiger partial charge in [0, 0.05) is 17.7 Å². The molecule has 12 heteroatoms. The quantitative estimate of drug-likeness (QED) is 0.112. The zero-order valence-corrected chi connectivity index (χ0v) is 32.8. The fourth-order valence-corrected chi connectivity index (χ4v) is 6.47. The molecule has 0 saturated carbocycles. The highest BCUT2D eigenvalue weighted by Crippen LogP contribution is 2.32. The predicted octanol–water partition coefficient (Wildman–Crippen LogP) is 8.61. The van der Waals surface area contributed by atoms with E-state index in [-0.39, 0.29) is 43.2 Å². The molecule has 5 aromatic rings. The van der Waals surface area contributed by atoms with Crippen LogP contribution in [-0.2, 0) is 22.8 Å². The first-order valence-corrected chi connectivity index (χ1v) is 19.2. The fraction of sp³-hybridized carbons (Fsp3) is 0.261. The third kappa shape index (κ3) is 11.0. The molecule has 1 saturated heterocycles. The predicted molar refractivity (Wildman–Crippen MR) is 217 cm³/mol. The Balaban J connectivity index is 1.19. The van der Waals surface area contributed by atoms with Crippen molar-refractivity contribution in [3.8, 4) is 17.2 Å². The number of carbonyl (C=O) groups excluding carboxylic acids is 4. The van der Waals surface area contributed by atoms with Gasteiger partial charge in [-0.1, -0.05) is 66.7 Å². The molecular weight excluding hydrogens is 739 g/mol. The van der Waals surface area contributed by atoms with Gasteiger partial charge in [-0.3, -0.25) is 14.4 Å². The van der Waals surface area contributed by atoms with Crippen LogP contribution in [0, 0.1) is 0 Å². The number of amides is 3. The Bertz CT molecular complexity index is 2130. The van der Waals surface area contributed by atoms with Gasteiger partial charge in [-0.05, 0) is 110 Å². The third-order valence-corrected chi connectivity index (χ3v) is 9.35. The van der Waals surface area contributed by atoms with Crippen LogP contribution in [0.5, 0.6) is 17.2 Å². The van der Waals surface area contributed by atoms with Crippen molar-refractivity contribution in [1.82, 2.24) is 5.32 Å². The summed E-state index contributed by atoms with van der Waals surface area (Å²) in [5.41, 5.74) is 2.02. The van der Waals surface area contributed by atoms with Crippen molar-refractivity contribution in [3.63, 3.8) is 0 Å². The molecule has 5 aromatic carbocycles. The monoisotopic (exact) mass is 786 g/mol. The molecule has 3 N–H and O–H groups in total. The minimum absolute atomic E-state index is 0.0293. The molecule has 0 aromatic heterocycles. The van der Waals surface area contributed by atoms with Crippen molar-refractivity contribution in [2.75, 3.05) is 18.4 Å². The number of hydrogen-bond donors (Lipinski definition) is 3. The van der Waals surface area contributed by atoms with Gasteiger partial charge in [-0.25, -0.2) is 4.79 Å². The maximum Gasteiger partial charge on any atom is 0.559 e. The number of phenols is 1. The van der Waals surface area contributed by atoms with Crippen molar-refractivity contribution in [3.05, 3.63) is 155 Å². The number of aromatic hydroxyl groups is 1. The van der Waals surface area contributed by atoms with Crippen LogP contribution in [0.3, 0.4) is 0 Å². The number of quaternary nitrogens is 1. The molecule has 12 nitrogen and oxygen atoms in total. The van der Waals surface area contributed by atoms with E-state index in [0.717, 1.165) is 11.1 Å². The van der Waals surface area contributed by atoms with E-state index in [2.05, 4.69) is 10.6 Å². The standard InChI is InChI=1S/C46H47N3O9/c1-46(2,3)57-45(54)49(28-11-10-17-37(29-49)48-42(51)34-22-26-38(50)27-23-34)58-44(53)35-20-24-36(25-21-35)47-43(52)41-39(55-30-32-13-6-4-7-14-32)18-12-19-40(41)56-31-33-15-8-5-9-16-33/h4-9,12-16,18-27,37H,10-11,17,28-31H2,1-3H3,(H2-,47,48,50,51,52,53)/p+1. The van der Waals surface area contributed by atoms with Crippen LogP contribution >= 0.6 is 0 Å². The first-order valence-electron chi connectivity index (χ1n) is 19.2. The first-order chi connectivity index (χ1) is 27.9. The number of nitrogens with one attached hydrogen (secondary N) is 2. The molecule has 0 spiro atoms. The molecule has 1 fully saturated rings. The van der Waals surface area contributed by atoms with E-state index in [1.54, 1.807) is 51.1 Å². The summed E-state index contributed by atoms with van der Waals surface area (Å²) in [6.45, 7) is 5.72. The van der Waals surface area contributed by atoms with Crippen LogP contribution < -0.4 is 20.1 Å². The molecular formula is C46H48N3O9+. The second kappa shape index (κ2) is 18.5. The smallest absolute Gasteiger partial charge is 0.508 e. The lowest BCUT2D eigenvalue weighted by atomic mass is 10.1. The van der Waals surface area contributed by atoms with Crippen LogP contribution in [0.15, 0.2) is 127 Å². The molecule has 58 heavy (non-hydrogen) atoms. The normalized spacial score (nSPS) is 16.6. The summed E-state index contributed by atoms with van der Waals surface area (Å²) in [5, 5.41) is 15.5. The Morgan fingerprint density at radius 1 is 0.690 bits per heavy atom. The molecule has 3 amide bonds. The number of nitrogens with zero attached hydrogens (tertiary/aromatic N) is 1. The van der Waals surface area contributed by atoms with Crippen LogP contribution in [0.4, 0.5) is 10.5 Å². The number of hydrogen-bond acceptors (Lipinski definition) is 9. The summed E-state index contributed by atoms with van der Waals surface area (Å²) in [5.74, 6) is -0.969. The van der Waals surface area contributed by atoms with Crippen LogP contribution in [0.2, 0.25) is 0 Å². The topological polar surface area (TPSA) is 149 Å². The summed E-state index contributed by atoms with van der Waals surface area (Å²) < 4.78 is 17.3. The van der Waals surface area contributed by atoms with Gasteiger partial charge in [0.25, 0.3) is 11.8 Å². The average molecular weight is 787 g/mol. The van der Waals surface area contributed by atoms with E-state index in [1.165, 1.54) is 36.4 Å². The number of benzene rings is 5. The lowest BCUT2D eigenvalue weighted by Crippen LogP contribution is -2.60. The van der Waals surface area contributed by atoms with E-state index >= 15 is 0 Å². The van der Waals surface area contributed by atoms with E-state index in [9.17, 15) is 24.3 Å². The molecule has 0 aliphatic carbocycles. The van der Waals surface area contributed by atoms with Gasteiger partial charge >= 0.3 is 12.1 Å². The number of rotatable bonds is 11. The minimum atomic E-state index is -0.886. The second-order valence-corrected chi connectivity index (χ2v) is 15.1. The maximum absolute atomic E-state index is 14.0. The Morgan fingerprint density at radius 3 is 1.83 bits per heavy atom. The van der Waals surface area contributed by atoms with Gasteiger partial charge in [0.1, 0.15) is 48.2 Å². The summed E-state index contributed by atoms with van der Waals surface area (Å²) in [7, 11) is 0. The number of carbonyl (C=O) groups is 4. The highest BCUT2D eigenvalue weighted by Gasteiger charge is 2.49. The lowest BCUT2D eigenvalue weighted by molar-refractivity contribution is -1.03. The van der Waals surface area contributed by atoms with E-state index < -0.39 is 40.2 Å². The summed E-state index contributed by atoms with van der Waals surface area (Å²) in [6.07, 6.45) is 0.970. The van der Waals surface area contributed by atoms with Gasteiger partial charge in [-0.15, -0.1) is 0 Å². The van der Waals surface area contributed by atoms with Crippen molar-refractivity contribution in [2.45, 2.75) is 64.9 Å². The van der Waals surface area contributed by atoms with Crippen LogP contribution in [-0.4, -0.2) is 58.4 Å². The number of hydroxylamine groups is 3. The van der Waals surface area contributed by atoms with Crippen LogP contribution in [0.25, 0.3) is 0 Å². The molecule has 0 radical (unpaired) electrons. The van der Waals surface area contributed by atoms with Crippen molar-refractivity contribution in [2.24, 2.45) is 0 Å². The third-order valence-electron chi connectivity index (χ3n) is 9.35. The van der Waals surface area contributed by atoms with Crippen LogP contribution in [0.1, 0.15) is 82.2 Å². The number of ether oxygens (including phenoxy) is 3. The van der Waals surface area contributed by atoms with Crippen molar-refractivity contribution >= 4 is 29.6 Å². The maximum atomic E-state index is 14.0. The first kappa shape index (κ1) is 41.0. The van der Waals surface area contributed by atoms with Crippen molar-refractivity contribution < 1.29 is 48.0 Å². The molecule has 1 heterocycles. The molecule has 2 unspecified atom stereocenters. The molecule has 1 aliphatic rings. The molecule has 1 aliphatic heterocycles. The molecule has 300 valence electrons. The van der Waals surface area contributed by atoms with Gasteiger partial charge in [0.2, 0.25) is 0 Å². The van der Waals surface area contributed by atoms with E-state index in [0.29, 0.717) is 42.0 Å². The SMILES string of the molecule is CC(C)(C)OC(=O)[N+]1(OC(=O)c2ccc(NC(=O)c3c(OCc4ccccc4)cccc3OCc3ccccc3)cc2)CCCCC(NC(=O)c2ccc(O)cc2)C1. The average Bonchev–Trinajstić information content (AvgIpc) is 3.42. The summed E-state index contributed by atoms with van der Waals surface area (Å²) in [4.78, 5) is 60.9.